The van der Waals surface area contributed by atoms with Crippen LogP contribution >= 0.6 is 0 Å². The first kappa shape index (κ1) is 12.0. The van der Waals surface area contributed by atoms with E-state index in [1.807, 2.05) is 0 Å². The minimum Gasteiger partial charge on any atom is -0.313 e. The summed E-state index contributed by atoms with van der Waals surface area (Å²) in [6, 6.07) is 0.222. The standard InChI is InChI=1S/C10H21NO2S/c1-10(2,3)5-7-14(12,13)8-9-4-6-11-9/h9,11H,4-8H2,1-3H3. The molecule has 1 rings (SSSR count). The van der Waals surface area contributed by atoms with Crippen LogP contribution in [-0.4, -0.2) is 32.5 Å². The first-order valence-electron chi connectivity index (χ1n) is 5.22. The zero-order chi connectivity index (χ0) is 10.8. The Hall–Kier alpha value is -0.0900. The van der Waals surface area contributed by atoms with Crippen molar-refractivity contribution in [3.63, 3.8) is 0 Å². The van der Waals surface area contributed by atoms with Crippen LogP contribution in [0, 0.1) is 5.41 Å². The fourth-order valence-electron chi connectivity index (χ4n) is 1.34. The van der Waals surface area contributed by atoms with Crippen molar-refractivity contribution in [2.24, 2.45) is 5.41 Å². The third kappa shape index (κ3) is 4.42. The van der Waals surface area contributed by atoms with Crippen LogP contribution in [0.5, 0.6) is 0 Å². The summed E-state index contributed by atoms with van der Waals surface area (Å²) in [4.78, 5) is 0. The van der Waals surface area contributed by atoms with E-state index in [0.29, 0.717) is 11.5 Å². The van der Waals surface area contributed by atoms with Crippen molar-refractivity contribution < 1.29 is 8.42 Å². The van der Waals surface area contributed by atoms with E-state index in [-0.39, 0.29) is 11.5 Å². The molecule has 4 heteroatoms. The van der Waals surface area contributed by atoms with Gasteiger partial charge in [0.05, 0.1) is 11.5 Å². The molecular weight excluding hydrogens is 198 g/mol. The van der Waals surface area contributed by atoms with Crippen molar-refractivity contribution in [3.8, 4) is 0 Å². The molecule has 0 aromatic heterocycles. The molecule has 1 saturated heterocycles. The van der Waals surface area contributed by atoms with E-state index in [0.717, 1.165) is 19.4 Å². The summed E-state index contributed by atoms with van der Waals surface area (Å²) in [6.45, 7) is 7.19. The highest BCUT2D eigenvalue weighted by atomic mass is 32.2. The Morgan fingerprint density at radius 2 is 1.93 bits per heavy atom. The number of sulfone groups is 1. The third-order valence-corrected chi connectivity index (χ3v) is 4.28. The SMILES string of the molecule is CC(C)(C)CCS(=O)(=O)CC1CCN1. The normalized spacial score (nSPS) is 23.2. The van der Waals surface area contributed by atoms with E-state index in [1.165, 1.54) is 0 Å². The highest BCUT2D eigenvalue weighted by Gasteiger charge is 2.25. The van der Waals surface area contributed by atoms with Gasteiger partial charge in [-0.15, -0.1) is 0 Å². The molecule has 1 aliphatic heterocycles. The van der Waals surface area contributed by atoms with E-state index in [9.17, 15) is 8.42 Å². The molecule has 1 atom stereocenters. The van der Waals surface area contributed by atoms with Gasteiger partial charge in [0.2, 0.25) is 0 Å². The Bertz CT molecular complexity index is 273. The Kier molecular flexibility index (Phi) is 3.58. The minimum absolute atomic E-state index is 0.111. The van der Waals surface area contributed by atoms with Crippen molar-refractivity contribution in [3.05, 3.63) is 0 Å². The number of hydrogen-bond acceptors (Lipinski definition) is 3. The van der Waals surface area contributed by atoms with Gasteiger partial charge in [0.1, 0.15) is 0 Å². The predicted octanol–water partition coefficient (Wildman–Crippen LogP) is 1.20. The Balaban J connectivity index is 2.34. The number of nitrogens with one attached hydrogen (secondary N) is 1. The van der Waals surface area contributed by atoms with Gasteiger partial charge in [-0.1, -0.05) is 20.8 Å². The molecule has 1 heterocycles. The Labute approximate surface area is 87.2 Å². The maximum absolute atomic E-state index is 11.6. The topological polar surface area (TPSA) is 46.2 Å². The first-order chi connectivity index (χ1) is 6.29. The van der Waals surface area contributed by atoms with E-state index in [1.54, 1.807) is 0 Å². The summed E-state index contributed by atoms with van der Waals surface area (Å²) in [6.07, 6.45) is 1.76. The van der Waals surface area contributed by atoms with E-state index in [4.69, 9.17) is 0 Å². The molecule has 0 saturated carbocycles. The number of hydrogen-bond donors (Lipinski definition) is 1. The minimum atomic E-state index is -2.84. The summed E-state index contributed by atoms with van der Waals surface area (Å²) in [5.41, 5.74) is 0.111. The van der Waals surface area contributed by atoms with Crippen molar-refractivity contribution in [2.75, 3.05) is 18.1 Å². The number of rotatable bonds is 4. The van der Waals surface area contributed by atoms with Crippen LogP contribution in [0.15, 0.2) is 0 Å². The molecule has 0 radical (unpaired) electrons. The maximum atomic E-state index is 11.6. The maximum Gasteiger partial charge on any atom is 0.151 e. The van der Waals surface area contributed by atoms with Gasteiger partial charge in [-0.05, 0) is 24.8 Å². The monoisotopic (exact) mass is 219 g/mol. The molecule has 14 heavy (non-hydrogen) atoms. The van der Waals surface area contributed by atoms with Crippen LogP contribution < -0.4 is 5.32 Å². The molecule has 0 bridgehead atoms. The van der Waals surface area contributed by atoms with Crippen LogP contribution in [0.2, 0.25) is 0 Å². The summed E-state index contributed by atoms with van der Waals surface area (Å²) in [5, 5.41) is 3.12. The average Bonchev–Trinajstić information content (AvgIpc) is 1.93. The van der Waals surface area contributed by atoms with Crippen LogP contribution in [0.4, 0.5) is 0 Å². The van der Waals surface area contributed by atoms with Crippen LogP contribution in [0.25, 0.3) is 0 Å². The highest BCUT2D eigenvalue weighted by molar-refractivity contribution is 7.91. The predicted molar refractivity (Wildman–Crippen MR) is 59.1 cm³/mol. The molecule has 3 nitrogen and oxygen atoms in total. The molecule has 0 spiro atoms. The molecule has 1 fully saturated rings. The molecular formula is C10H21NO2S. The van der Waals surface area contributed by atoms with E-state index < -0.39 is 9.84 Å². The zero-order valence-corrected chi connectivity index (χ0v) is 10.2. The lowest BCUT2D eigenvalue weighted by molar-refractivity contribution is 0.387. The van der Waals surface area contributed by atoms with Crippen molar-refractivity contribution in [1.29, 1.82) is 0 Å². The van der Waals surface area contributed by atoms with Crippen LogP contribution in [-0.2, 0) is 9.84 Å². The zero-order valence-electron chi connectivity index (χ0n) is 9.34. The van der Waals surface area contributed by atoms with Gasteiger partial charge in [-0.2, -0.15) is 0 Å². The summed E-state index contributed by atoms with van der Waals surface area (Å²) in [5.74, 6) is 0.651. The van der Waals surface area contributed by atoms with Gasteiger partial charge in [-0.25, -0.2) is 8.42 Å². The van der Waals surface area contributed by atoms with Crippen molar-refractivity contribution in [1.82, 2.24) is 5.32 Å². The third-order valence-electron chi connectivity index (χ3n) is 2.54. The van der Waals surface area contributed by atoms with E-state index >= 15 is 0 Å². The molecule has 1 N–H and O–H groups in total. The lowest BCUT2D eigenvalue weighted by atomic mass is 9.94. The van der Waals surface area contributed by atoms with Crippen LogP contribution in [0.3, 0.4) is 0 Å². The van der Waals surface area contributed by atoms with Gasteiger partial charge in [0, 0.05) is 6.04 Å². The van der Waals surface area contributed by atoms with Gasteiger partial charge in [-0.3, -0.25) is 0 Å². The van der Waals surface area contributed by atoms with Crippen molar-refractivity contribution in [2.45, 2.75) is 39.7 Å². The summed E-state index contributed by atoms with van der Waals surface area (Å²) >= 11 is 0. The average molecular weight is 219 g/mol. The van der Waals surface area contributed by atoms with Gasteiger partial charge < -0.3 is 5.32 Å². The Morgan fingerprint density at radius 1 is 1.36 bits per heavy atom. The summed E-state index contributed by atoms with van der Waals surface area (Å²) in [7, 11) is -2.84. The highest BCUT2D eigenvalue weighted by Crippen LogP contribution is 2.20. The fraction of sp³-hybridized carbons (Fsp3) is 1.00. The lowest BCUT2D eigenvalue weighted by Gasteiger charge is -2.27. The molecule has 1 aliphatic rings. The molecule has 1 unspecified atom stereocenters. The Morgan fingerprint density at radius 3 is 2.29 bits per heavy atom. The fourth-order valence-corrected chi connectivity index (χ4v) is 3.33. The lowest BCUT2D eigenvalue weighted by Crippen LogP contribution is -2.47. The molecule has 0 aromatic carbocycles. The smallest absolute Gasteiger partial charge is 0.151 e. The van der Waals surface area contributed by atoms with Gasteiger partial charge in [0.25, 0.3) is 0 Å². The van der Waals surface area contributed by atoms with Gasteiger partial charge >= 0.3 is 0 Å². The second kappa shape index (κ2) is 4.19. The molecule has 0 amide bonds. The molecule has 84 valence electrons. The van der Waals surface area contributed by atoms with E-state index in [2.05, 4.69) is 26.1 Å². The van der Waals surface area contributed by atoms with Gasteiger partial charge in [0.15, 0.2) is 9.84 Å². The first-order valence-corrected chi connectivity index (χ1v) is 7.04. The second-order valence-corrected chi connectivity index (χ2v) is 7.59. The van der Waals surface area contributed by atoms with Crippen molar-refractivity contribution >= 4 is 9.84 Å². The largest absolute Gasteiger partial charge is 0.313 e. The quantitative estimate of drug-likeness (QED) is 0.773. The summed E-state index contributed by atoms with van der Waals surface area (Å²) < 4.78 is 23.3. The van der Waals surface area contributed by atoms with Crippen LogP contribution in [0.1, 0.15) is 33.6 Å². The second-order valence-electron chi connectivity index (χ2n) is 5.36. The molecule has 0 aliphatic carbocycles. The molecule has 0 aromatic rings.